The molecule has 0 atom stereocenters. The molecule has 1 aromatic carbocycles. The molecule has 0 fully saturated rings. The van der Waals surface area contributed by atoms with Gasteiger partial charge in [0.1, 0.15) is 0 Å². The summed E-state index contributed by atoms with van der Waals surface area (Å²) in [7, 11) is -8.49. The number of carboxylic acid groups (broad SMARTS) is 1. The topological polar surface area (TPSA) is 126 Å². The third-order valence-corrected chi connectivity index (χ3v) is 8.28. The van der Waals surface area contributed by atoms with Crippen LogP contribution in [-0.2, 0) is 20.0 Å². The summed E-state index contributed by atoms with van der Waals surface area (Å²) in [6, 6.07) is 2.52. The fourth-order valence-corrected chi connectivity index (χ4v) is 5.77. The minimum Gasteiger partial charge on any atom is -0.478 e. The van der Waals surface area contributed by atoms with Gasteiger partial charge in [0.05, 0.1) is 21.1 Å². The number of carbonyl (C=O) groups is 1. The van der Waals surface area contributed by atoms with Gasteiger partial charge in [0, 0.05) is 27.3 Å². The van der Waals surface area contributed by atoms with Crippen molar-refractivity contribution in [1.82, 2.24) is 0 Å². The van der Waals surface area contributed by atoms with E-state index in [0.29, 0.717) is 12.5 Å². The minimum atomic E-state index is -4.62. The van der Waals surface area contributed by atoms with Crippen molar-refractivity contribution in [2.24, 2.45) is 0 Å². The molecule has 0 amide bonds. The van der Waals surface area contributed by atoms with Crippen LogP contribution in [0.1, 0.15) is 107 Å². The second kappa shape index (κ2) is 17.0. The summed E-state index contributed by atoms with van der Waals surface area (Å²) < 4.78 is 56.6. The summed E-state index contributed by atoms with van der Waals surface area (Å²) in [5.41, 5.74) is -0.648. The molecule has 188 valence electrons. The first kappa shape index (κ1) is 32.5. The predicted molar refractivity (Wildman–Crippen MR) is 131 cm³/mol. The monoisotopic (exact) mass is 698 g/mol. The van der Waals surface area contributed by atoms with Gasteiger partial charge in [-0.15, -0.1) is 0 Å². The fraction of sp³-hybridized carbons (Fsp3) is 0.696. The predicted octanol–water partition coefficient (Wildman–Crippen LogP) is 5.51. The molecule has 4 radical (unpaired) electrons. The minimum absolute atomic E-state index is 0. The van der Waals surface area contributed by atoms with Crippen LogP contribution in [0.15, 0.2) is 28.0 Å². The van der Waals surface area contributed by atoms with Crippen LogP contribution >= 0.6 is 0 Å². The summed E-state index contributed by atoms with van der Waals surface area (Å²) >= 11 is 0. The van der Waals surface area contributed by atoms with Crippen LogP contribution in [0.25, 0.3) is 0 Å². The van der Waals surface area contributed by atoms with Gasteiger partial charge in [-0.25, -0.2) is 13.2 Å². The third-order valence-electron chi connectivity index (χ3n) is 5.58. The molecule has 0 aliphatic rings. The molecule has 0 saturated carbocycles. The summed E-state index contributed by atoms with van der Waals surface area (Å²) in [4.78, 5) is 10.3. The van der Waals surface area contributed by atoms with Crippen molar-refractivity contribution in [2.75, 3.05) is 5.75 Å². The zero-order valence-electron chi connectivity index (χ0n) is 19.6. The first-order valence-corrected chi connectivity index (χ1v) is 14.8. The van der Waals surface area contributed by atoms with Gasteiger partial charge in [0.25, 0.3) is 10.1 Å². The van der Waals surface area contributed by atoms with Crippen molar-refractivity contribution in [3.8, 4) is 0 Å². The molecular formula is C23H38O7PbS2. The fourth-order valence-electron chi connectivity index (χ4n) is 3.70. The molecule has 0 bridgehead atoms. The van der Waals surface area contributed by atoms with Crippen molar-refractivity contribution >= 4 is 53.2 Å². The van der Waals surface area contributed by atoms with Crippen LogP contribution in [0.2, 0.25) is 0 Å². The second-order valence-corrected chi connectivity index (χ2v) is 11.9. The van der Waals surface area contributed by atoms with Gasteiger partial charge in [0.15, 0.2) is 9.84 Å². The van der Waals surface area contributed by atoms with Crippen molar-refractivity contribution in [2.45, 2.75) is 107 Å². The maximum Gasteiger partial charge on any atom is 0.337 e. The molecule has 0 spiro atoms. The van der Waals surface area contributed by atoms with Gasteiger partial charge in [-0.05, 0) is 24.6 Å². The van der Waals surface area contributed by atoms with E-state index >= 15 is 0 Å². The number of sulfone groups is 1. The molecule has 2 N–H and O–H groups in total. The molecule has 7 nitrogen and oxygen atoms in total. The van der Waals surface area contributed by atoms with E-state index in [4.69, 9.17) is 4.55 Å². The van der Waals surface area contributed by atoms with Crippen molar-refractivity contribution in [1.29, 1.82) is 0 Å². The molecule has 0 saturated heterocycles. The summed E-state index contributed by atoms with van der Waals surface area (Å²) in [6.45, 7) is 2.22. The quantitative estimate of drug-likeness (QED) is 0.118. The Morgan fingerprint density at radius 3 is 1.58 bits per heavy atom. The Labute approximate surface area is 219 Å². The number of aromatic carboxylic acids is 1. The molecule has 0 aliphatic heterocycles. The Morgan fingerprint density at radius 2 is 1.18 bits per heavy atom. The molecule has 1 aromatic rings. The molecule has 10 heteroatoms. The maximum atomic E-state index is 12.6. The number of carboxylic acids is 1. The van der Waals surface area contributed by atoms with Gasteiger partial charge in [0.2, 0.25) is 0 Å². The summed E-state index contributed by atoms with van der Waals surface area (Å²) in [5.74, 6) is -1.76. The Hall–Kier alpha value is -0.528. The second-order valence-electron chi connectivity index (χ2n) is 8.35. The number of benzene rings is 1. The molecule has 1 rings (SSSR count). The van der Waals surface area contributed by atoms with Crippen molar-refractivity contribution < 1.29 is 31.3 Å². The number of unbranched alkanes of at least 4 members (excludes halogenated alkanes) is 13. The first-order valence-electron chi connectivity index (χ1n) is 11.7. The molecule has 33 heavy (non-hydrogen) atoms. The normalized spacial score (nSPS) is 11.8. The van der Waals surface area contributed by atoms with Crippen LogP contribution in [0.3, 0.4) is 0 Å². The largest absolute Gasteiger partial charge is 0.478 e. The third kappa shape index (κ3) is 13.2. The van der Waals surface area contributed by atoms with Crippen LogP contribution < -0.4 is 0 Å². The molecule has 0 aromatic heterocycles. The molecule has 0 aliphatic carbocycles. The molecule has 0 heterocycles. The van der Waals surface area contributed by atoms with Gasteiger partial charge in [-0.2, -0.15) is 8.42 Å². The van der Waals surface area contributed by atoms with Crippen LogP contribution in [-0.4, -0.2) is 65.5 Å². The number of hydrogen-bond donors (Lipinski definition) is 2. The van der Waals surface area contributed by atoms with E-state index in [1.165, 1.54) is 57.8 Å². The SMILES string of the molecule is CCCCCCCCCCCCCCCCS(=O)(=O)c1ccc(S(=O)(=O)O)cc1C(=O)O.[Pb]. The molecule has 0 unspecified atom stereocenters. The average molecular weight is 698 g/mol. The standard InChI is InChI=1S/C23H38O7S2.Pb/c1-2-3-4-5-6-7-8-9-10-11-12-13-14-15-18-31(26,27)22-17-16-20(32(28,29)30)19-21(22)23(24)25;/h16-17,19H,2-15,18H2,1H3,(H,24,25)(H,28,29,30);. The van der Waals surface area contributed by atoms with Crippen LogP contribution in [0, 0.1) is 0 Å². The Morgan fingerprint density at radius 1 is 0.758 bits per heavy atom. The van der Waals surface area contributed by atoms with E-state index in [-0.39, 0.29) is 33.1 Å². The Balaban J connectivity index is 0.0000102. The zero-order valence-corrected chi connectivity index (χ0v) is 25.1. The van der Waals surface area contributed by atoms with E-state index in [1.807, 2.05) is 0 Å². The number of rotatable bonds is 18. The molecular weight excluding hydrogens is 660 g/mol. The van der Waals surface area contributed by atoms with Gasteiger partial charge >= 0.3 is 5.97 Å². The van der Waals surface area contributed by atoms with Crippen molar-refractivity contribution in [3.63, 3.8) is 0 Å². The van der Waals surface area contributed by atoms with Gasteiger partial charge in [-0.3, -0.25) is 4.55 Å². The van der Waals surface area contributed by atoms with E-state index in [1.54, 1.807) is 0 Å². The summed E-state index contributed by atoms with van der Waals surface area (Å²) in [5, 5.41) is 9.27. The first-order chi connectivity index (χ1) is 15.1. The van der Waals surface area contributed by atoms with E-state index in [9.17, 15) is 26.7 Å². The average Bonchev–Trinajstić information content (AvgIpc) is 2.72. The Bertz CT molecular complexity index is 913. The van der Waals surface area contributed by atoms with Crippen molar-refractivity contribution in [3.05, 3.63) is 23.8 Å². The summed E-state index contributed by atoms with van der Waals surface area (Å²) in [6.07, 6.45) is 16.0. The maximum absolute atomic E-state index is 12.6. The van der Waals surface area contributed by atoms with Gasteiger partial charge < -0.3 is 5.11 Å². The van der Waals surface area contributed by atoms with Crippen LogP contribution in [0.4, 0.5) is 0 Å². The van der Waals surface area contributed by atoms with E-state index in [2.05, 4.69) is 6.92 Å². The Kier molecular flexibility index (Phi) is 16.7. The number of hydrogen-bond acceptors (Lipinski definition) is 5. The van der Waals surface area contributed by atoms with E-state index < -0.39 is 41.3 Å². The van der Waals surface area contributed by atoms with Gasteiger partial charge in [-0.1, -0.05) is 90.4 Å². The smallest absolute Gasteiger partial charge is 0.337 e. The zero-order chi connectivity index (χ0) is 24.0. The van der Waals surface area contributed by atoms with Crippen LogP contribution in [0.5, 0.6) is 0 Å². The van der Waals surface area contributed by atoms with E-state index in [0.717, 1.165) is 37.8 Å².